The lowest BCUT2D eigenvalue weighted by molar-refractivity contribution is -0.112. The fourth-order valence-corrected chi connectivity index (χ4v) is 1.59. The number of hydrogen-bond acceptors (Lipinski definition) is 5. The molecule has 1 amide bonds. The summed E-state index contributed by atoms with van der Waals surface area (Å²) in [6.07, 6.45) is 1.37. The van der Waals surface area contributed by atoms with E-state index in [2.05, 4.69) is 10.6 Å². The van der Waals surface area contributed by atoms with Gasteiger partial charge in [-0.3, -0.25) is 4.79 Å². The summed E-state index contributed by atoms with van der Waals surface area (Å²) in [5.41, 5.74) is 1.49. The van der Waals surface area contributed by atoms with E-state index in [1.54, 1.807) is 19.2 Å². The lowest BCUT2D eigenvalue weighted by atomic mass is 10.2. The van der Waals surface area contributed by atoms with E-state index in [1.807, 2.05) is 19.1 Å². The minimum absolute atomic E-state index is 0.0188. The summed E-state index contributed by atoms with van der Waals surface area (Å²) in [7, 11) is 3.10. The monoisotopic (exact) mass is 289 g/mol. The fourth-order valence-electron chi connectivity index (χ4n) is 1.59. The number of benzene rings is 1. The predicted octanol–water partition coefficient (Wildman–Crippen LogP) is 1.59. The van der Waals surface area contributed by atoms with Crippen LogP contribution in [-0.4, -0.2) is 33.3 Å². The zero-order chi connectivity index (χ0) is 15.7. The van der Waals surface area contributed by atoms with Gasteiger partial charge >= 0.3 is 0 Å². The van der Waals surface area contributed by atoms with Crippen molar-refractivity contribution in [3.63, 3.8) is 0 Å². The minimum atomic E-state index is -0.494. The number of nitrogens with one attached hydrogen (secondary N) is 2. The van der Waals surface area contributed by atoms with Crippen molar-refractivity contribution >= 4 is 11.6 Å². The van der Waals surface area contributed by atoms with Crippen molar-refractivity contribution in [2.45, 2.75) is 6.92 Å². The first-order valence-electron chi connectivity index (χ1n) is 6.41. The average molecular weight is 289 g/mol. The number of carbonyl (C=O) groups excluding carboxylic acids is 1. The summed E-state index contributed by atoms with van der Waals surface area (Å²) >= 11 is 0. The van der Waals surface area contributed by atoms with E-state index in [1.165, 1.54) is 13.3 Å². The van der Waals surface area contributed by atoms with Crippen LogP contribution in [0.4, 0.5) is 5.69 Å². The van der Waals surface area contributed by atoms with Crippen LogP contribution in [0.2, 0.25) is 0 Å². The number of nitrogens with zero attached hydrogens (tertiary/aromatic N) is 1. The van der Waals surface area contributed by atoms with Gasteiger partial charge in [-0.25, -0.2) is 0 Å². The Labute approximate surface area is 124 Å². The van der Waals surface area contributed by atoms with Crippen LogP contribution in [0.15, 0.2) is 30.0 Å². The molecule has 0 spiro atoms. The molecule has 0 aliphatic heterocycles. The topological polar surface area (TPSA) is 83.4 Å². The molecular formula is C15H19N3O3. The fraction of sp³-hybridized carbons (Fsp3) is 0.333. The summed E-state index contributed by atoms with van der Waals surface area (Å²) in [5, 5.41) is 14.5. The smallest absolute Gasteiger partial charge is 0.267 e. The Morgan fingerprint density at radius 2 is 2.19 bits per heavy atom. The van der Waals surface area contributed by atoms with Crippen LogP contribution >= 0.6 is 0 Å². The van der Waals surface area contributed by atoms with Gasteiger partial charge in [-0.2, -0.15) is 5.26 Å². The zero-order valence-corrected chi connectivity index (χ0v) is 12.4. The number of ether oxygens (including phenoxy) is 2. The summed E-state index contributed by atoms with van der Waals surface area (Å²) in [4.78, 5) is 12.1. The molecule has 0 saturated carbocycles. The maximum absolute atomic E-state index is 12.1. The van der Waals surface area contributed by atoms with E-state index in [-0.39, 0.29) is 5.57 Å². The third-order valence-corrected chi connectivity index (χ3v) is 2.67. The Kier molecular flexibility index (Phi) is 6.78. The van der Waals surface area contributed by atoms with Crippen molar-refractivity contribution in [3.05, 3.63) is 35.5 Å². The van der Waals surface area contributed by atoms with Gasteiger partial charge in [-0.1, -0.05) is 6.07 Å². The molecule has 1 aromatic rings. The maximum atomic E-state index is 12.1. The van der Waals surface area contributed by atoms with Crippen LogP contribution in [-0.2, 0) is 9.53 Å². The Morgan fingerprint density at radius 3 is 2.81 bits per heavy atom. The van der Waals surface area contributed by atoms with Crippen LogP contribution < -0.4 is 15.4 Å². The third-order valence-electron chi connectivity index (χ3n) is 2.67. The van der Waals surface area contributed by atoms with Gasteiger partial charge in [-0.15, -0.1) is 0 Å². The van der Waals surface area contributed by atoms with Gasteiger partial charge < -0.3 is 20.1 Å². The van der Waals surface area contributed by atoms with Crippen LogP contribution in [0.5, 0.6) is 5.75 Å². The largest absolute Gasteiger partial charge is 0.495 e. The third kappa shape index (κ3) is 5.16. The number of hydrogen-bond donors (Lipinski definition) is 2. The van der Waals surface area contributed by atoms with Gasteiger partial charge in [0.25, 0.3) is 5.91 Å². The standard InChI is InChI=1S/C15H19N3O3/c1-11-4-5-14(21-3)13(8-11)18-15(19)12(9-16)10-17-6-7-20-2/h4-5,8,10,17H,6-7H2,1-3H3,(H,18,19)/b12-10-. The molecule has 0 aliphatic carbocycles. The molecule has 2 N–H and O–H groups in total. The molecule has 0 atom stereocenters. The van der Waals surface area contributed by atoms with Gasteiger partial charge in [0.1, 0.15) is 17.4 Å². The molecule has 1 rings (SSSR count). The number of methoxy groups -OCH3 is 2. The molecule has 0 unspecified atom stereocenters. The molecular weight excluding hydrogens is 270 g/mol. The first-order chi connectivity index (χ1) is 10.1. The number of aryl methyl sites for hydroxylation is 1. The van der Waals surface area contributed by atoms with E-state index >= 15 is 0 Å². The van der Waals surface area contributed by atoms with E-state index in [9.17, 15) is 4.79 Å². The van der Waals surface area contributed by atoms with Gasteiger partial charge in [0, 0.05) is 19.9 Å². The van der Waals surface area contributed by atoms with Crippen molar-refractivity contribution < 1.29 is 14.3 Å². The van der Waals surface area contributed by atoms with E-state index in [0.29, 0.717) is 24.6 Å². The second-order valence-electron chi connectivity index (χ2n) is 4.27. The molecule has 0 bridgehead atoms. The van der Waals surface area contributed by atoms with Crippen molar-refractivity contribution in [2.75, 3.05) is 32.7 Å². The summed E-state index contributed by atoms with van der Waals surface area (Å²) in [5.74, 6) is 0.0462. The maximum Gasteiger partial charge on any atom is 0.267 e. The molecule has 0 heterocycles. The summed E-state index contributed by atoms with van der Waals surface area (Å²) < 4.78 is 10.0. The Balaban J connectivity index is 2.79. The molecule has 6 heteroatoms. The number of carbonyl (C=O) groups is 1. The number of rotatable bonds is 7. The highest BCUT2D eigenvalue weighted by Crippen LogP contribution is 2.25. The number of amides is 1. The highest BCUT2D eigenvalue weighted by Gasteiger charge is 2.12. The lowest BCUT2D eigenvalue weighted by Crippen LogP contribution is -2.19. The van der Waals surface area contributed by atoms with Gasteiger partial charge in [0.05, 0.1) is 19.4 Å². The molecule has 21 heavy (non-hydrogen) atoms. The molecule has 0 fully saturated rings. The quantitative estimate of drug-likeness (QED) is 0.452. The first-order valence-corrected chi connectivity index (χ1v) is 6.41. The Bertz CT molecular complexity index is 562. The lowest BCUT2D eigenvalue weighted by Gasteiger charge is -2.10. The number of anilines is 1. The molecule has 0 aliphatic rings. The van der Waals surface area contributed by atoms with Crippen LogP contribution in [0.25, 0.3) is 0 Å². The minimum Gasteiger partial charge on any atom is -0.495 e. The molecule has 1 aromatic carbocycles. The molecule has 0 saturated heterocycles. The first kappa shape index (κ1) is 16.5. The van der Waals surface area contributed by atoms with Gasteiger partial charge in [0.15, 0.2) is 0 Å². The van der Waals surface area contributed by atoms with Crippen molar-refractivity contribution in [1.82, 2.24) is 5.32 Å². The second-order valence-corrected chi connectivity index (χ2v) is 4.27. The van der Waals surface area contributed by atoms with Crippen molar-refractivity contribution in [2.24, 2.45) is 0 Å². The van der Waals surface area contributed by atoms with Crippen molar-refractivity contribution in [3.8, 4) is 11.8 Å². The molecule has 0 radical (unpaired) electrons. The van der Waals surface area contributed by atoms with E-state index in [0.717, 1.165) is 5.56 Å². The van der Waals surface area contributed by atoms with Gasteiger partial charge in [-0.05, 0) is 24.6 Å². The van der Waals surface area contributed by atoms with Crippen LogP contribution in [0, 0.1) is 18.3 Å². The number of nitriles is 1. The normalized spacial score (nSPS) is 10.7. The van der Waals surface area contributed by atoms with Crippen molar-refractivity contribution in [1.29, 1.82) is 5.26 Å². The van der Waals surface area contributed by atoms with E-state index in [4.69, 9.17) is 14.7 Å². The summed E-state index contributed by atoms with van der Waals surface area (Å²) in [6, 6.07) is 7.28. The SMILES string of the molecule is COCCN/C=C(/C#N)C(=O)Nc1cc(C)ccc1OC. The Hall–Kier alpha value is -2.52. The molecule has 112 valence electrons. The second kappa shape index (κ2) is 8.61. The average Bonchev–Trinajstić information content (AvgIpc) is 2.47. The Morgan fingerprint density at radius 1 is 1.43 bits per heavy atom. The van der Waals surface area contributed by atoms with Gasteiger partial charge in [0.2, 0.25) is 0 Å². The van der Waals surface area contributed by atoms with Crippen LogP contribution in [0.1, 0.15) is 5.56 Å². The molecule has 0 aromatic heterocycles. The zero-order valence-electron chi connectivity index (χ0n) is 12.4. The highest BCUT2D eigenvalue weighted by molar-refractivity contribution is 6.07. The van der Waals surface area contributed by atoms with E-state index < -0.39 is 5.91 Å². The highest BCUT2D eigenvalue weighted by atomic mass is 16.5. The summed E-state index contributed by atoms with van der Waals surface area (Å²) in [6.45, 7) is 2.91. The molecule has 6 nitrogen and oxygen atoms in total. The predicted molar refractivity (Wildman–Crippen MR) is 79.9 cm³/mol. The van der Waals surface area contributed by atoms with Crippen LogP contribution in [0.3, 0.4) is 0 Å².